The zero-order valence-corrected chi connectivity index (χ0v) is 11.9. The molecule has 1 aromatic carbocycles. The Kier molecular flexibility index (Phi) is 5.99. The second kappa shape index (κ2) is 7.49. The number of amides is 2. The molecule has 0 aliphatic rings. The smallest absolute Gasteiger partial charge is 0.330 e. The van der Waals surface area contributed by atoms with Gasteiger partial charge in [0.2, 0.25) is 0 Å². The number of ether oxygens (including phenoxy) is 1. The topological polar surface area (TPSA) is 78.9 Å². The van der Waals surface area contributed by atoms with E-state index < -0.39 is 18.0 Å². The molecule has 1 rings (SSSR count). The van der Waals surface area contributed by atoms with E-state index in [1.807, 2.05) is 6.92 Å². The van der Waals surface area contributed by atoms with Gasteiger partial charge in [0.25, 0.3) is 0 Å². The number of hydrogen-bond donors (Lipinski definition) is 2. The normalized spacial score (nSPS) is 13.3. The Labute approximate surface area is 118 Å². The summed E-state index contributed by atoms with van der Waals surface area (Å²) in [6.45, 7) is 2.20. The van der Waals surface area contributed by atoms with Crippen LogP contribution < -0.4 is 5.32 Å². The molecular formula is C14H20N2O4. The monoisotopic (exact) mass is 280 g/mol. The molecule has 0 saturated carbocycles. The van der Waals surface area contributed by atoms with Crippen molar-refractivity contribution in [1.29, 1.82) is 0 Å². The zero-order chi connectivity index (χ0) is 15.1. The van der Waals surface area contributed by atoms with Crippen LogP contribution in [0.2, 0.25) is 0 Å². The lowest BCUT2D eigenvalue weighted by Gasteiger charge is -2.26. The SMILES string of the molecule is COCC(C)N(C)C(=O)N[C@H](C(=O)O)c1ccccc1. The van der Waals surface area contributed by atoms with Gasteiger partial charge in [-0.2, -0.15) is 0 Å². The van der Waals surface area contributed by atoms with Gasteiger partial charge in [-0.15, -0.1) is 0 Å². The molecule has 0 radical (unpaired) electrons. The first kappa shape index (κ1) is 16.0. The highest BCUT2D eigenvalue weighted by molar-refractivity contribution is 5.83. The number of carboxylic acid groups (broad SMARTS) is 1. The van der Waals surface area contributed by atoms with Crippen molar-refractivity contribution in [3.05, 3.63) is 35.9 Å². The third-order valence-electron chi connectivity index (χ3n) is 3.04. The molecule has 0 spiro atoms. The molecule has 110 valence electrons. The van der Waals surface area contributed by atoms with Crippen molar-refractivity contribution in [2.24, 2.45) is 0 Å². The minimum Gasteiger partial charge on any atom is -0.479 e. The molecule has 0 aliphatic heterocycles. The Morgan fingerprint density at radius 1 is 1.35 bits per heavy atom. The molecule has 2 N–H and O–H groups in total. The third kappa shape index (κ3) is 4.24. The summed E-state index contributed by atoms with van der Waals surface area (Å²) >= 11 is 0. The zero-order valence-electron chi connectivity index (χ0n) is 11.9. The molecule has 0 aliphatic carbocycles. The minimum atomic E-state index is -1.10. The van der Waals surface area contributed by atoms with E-state index in [4.69, 9.17) is 4.74 Å². The van der Waals surface area contributed by atoms with Gasteiger partial charge in [-0.3, -0.25) is 0 Å². The number of carbonyl (C=O) groups is 2. The van der Waals surface area contributed by atoms with E-state index in [9.17, 15) is 14.7 Å². The molecule has 1 unspecified atom stereocenters. The Hall–Kier alpha value is -2.08. The number of benzene rings is 1. The van der Waals surface area contributed by atoms with E-state index >= 15 is 0 Å². The van der Waals surface area contributed by atoms with Crippen molar-refractivity contribution < 1.29 is 19.4 Å². The van der Waals surface area contributed by atoms with Gasteiger partial charge in [0.15, 0.2) is 6.04 Å². The van der Waals surface area contributed by atoms with E-state index in [1.165, 1.54) is 4.90 Å². The largest absolute Gasteiger partial charge is 0.479 e. The number of likely N-dealkylation sites (N-methyl/N-ethyl adjacent to an activating group) is 1. The van der Waals surface area contributed by atoms with Crippen molar-refractivity contribution >= 4 is 12.0 Å². The highest BCUT2D eigenvalue weighted by Gasteiger charge is 2.25. The fourth-order valence-electron chi connectivity index (χ4n) is 1.71. The number of methoxy groups -OCH3 is 1. The molecule has 0 fully saturated rings. The van der Waals surface area contributed by atoms with Crippen molar-refractivity contribution in [2.75, 3.05) is 20.8 Å². The molecule has 0 heterocycles. The number of carbonyl (C=O) groups excluding carboxylic acids is 1. The van der Waals surface area contributed by atoms with Crippen LogP contribution in [0.15, 0.2) is 30.3 Å². The summed E-state index contributed by atoms with van der Waals surface area (Å²) in [5.74, 6) is -1.10. The van der Waals surface area contributed by atoms with E-state index in [0.29, 0.717) is 12.2 Å². The van der Waals surface area contributed by atoms with E-state index in [-0.39, 0.29) is 6.04 Å². The van der Waals surface area contributed by atoms with Crippen LogP contribution in [0, 0.1) is 0 Å². The lowest BCUT2D eigenvalue weighted by atomic mass is 10.1. The molecule has 0 saturated heterocycles. The quantitative estimate of drug-likeness (QED) is 0.827. The molecule has 2 amide bonds. The predicted octanol–water partition coefficient (Wildman–Crippen LogP) is 1.49. The molecule has 2 atom stereocenters. The summed E-state index contributed by atoms with van der Waals surface area (Å²) in [5.41, 5.74) is 0.529. The second-order valence-corrected chi connectivity index (χ2v) is 4.55. The first-order valence-corrected chi connectivity index (χ1v) is 6.27. The second-order valence-electron chi connectivity index (χ2n) is 4.55. The first-order chi connectivity index (χ1) is 9.47. The molecule has 6 nitrogen and oxygen atoms in total. The van der Waals surface area contributed by atoms with Crippen LogP contribution in [-0.4, -0.2) is 48.8 Å². The predicted molar refractivity (Wildman–Crippen MR) is 74.5 cm³/mol. The van der Waals surface area contributed by atoms with Crippen LogP contribution in [0.5, 0.6) is 0 Å². The van der Waals surface area contributed by atoms with Crippen molar-refractivity contribution in [3.8, 4) is 0 Å². The molecule has 0 aromatic heterocycles. The van der Waals surface area contributed by atoms with Crippen LogP contribution in [-0.2, 0) is 9.53 Å². The maximum absolute atomic E-state index is 12.0. The van der Waals surface area contributed by atoms with Crippen molar-refractivity contribution in [3.63, 3.8) is 0 Å². The van der Waals surface area contributed by atoms with Crippen LogP contribution in [0.25, 0.3) is 0 Å². The maximum Gasteiger partial charge on any atom is 0.330 e. The number of nitrogens with zero attached hydrogens (tertiary/aromatic N) is 1. The molecule has 0 bridgehead atoms. The van der Waals surface area contributed by atoms with E-state index in [1.54, 1.807) is 44.5 Å². The lowest BCUT2D eigenvalue weighted by molar-refractivity contribution is -0.139. The fraction of sp³-hybridized carbons (Fsp3) is 0.429. The van der Waals surface area contributed by atoms with Gasteiger partial charge in [-0.1, -0.05) is 30.3 Å². The average Bonchev–Trinajstić information content (AvgIpc) is 2.44. The number of rotatable bonds is 6. The highest BCUT2D eigenvalue weighted by atomic mass is 16.5. The number of hydrogen-bond acceptors (Lipinski definition) is 3. The summed E-state index contributed by atoms with van der Waals surface area (Å²) in [6, 6.07) is 6.91. The van der Waals surface area contributed by atoms with Crippen LogP contribution >= 0.6 is 0 Å². The third-order valence-corrected chi connectivity index (χ3v) is 3.04. The number of carboxylic acids is 1. The van der Waals surface area contributed by atoms with Gasteiger partial charge in [-0.25, -0.2) is 9.59 Å². The van der Waals surface area contributed by atoms with Crippen LogP contribution in [0.1, 0.15) is 18.5 Å². The van der Waals surface area contributed by atoms with Gasteiger partial charge < -0.3 is 20.1 Å². The number of aliphatic carboxylic acids is 1. The first-order valence-electron chi connectivity index (χ1n) is 6.27. The Morgan fingerprint density at radius 3 is 2.45 bits per heavy atom. The number of nitrogens with one attached hydrogen (secondary N) is 1. The fourth-order valence-corrected chi connectivity index (χ4v) is 1.71. The molecule has 6 heteroatoms. The van der Waals surface area contributed by atoms with E-state index in [2.05, 4.69) is 5.32 Å². The van der Waals surface area contributed by atoms with Crippen molar-refractivity contribution in [1.82, 2.24) is 10.2 Å². The average molecular weight is 280 g/mol. The number of urea groups is 1. The Bertz CT molecular complexity index is 450. The lowest BCUT2D eigenvalue weighted by Crippen LogP contribution is -2.46. The Balaban J connectivity index is 2.77. The minimum absolute atomic E-state index is 0.148. The van der Waals surface area contributed by atoms with E-state index in [0.717, 1.165) is 0 Å². The van der Waals surface area contributed by atoms with Gasteiger partial charge in [-0.05, 0) is 12.5 Å². The van der Waals surface area contributed by atoms with Crippen LogP contribution in [0.4, 0.5) is 4.79 Å². The molecule has 20 heavy (non-hydrogen) atoms. The summed E-state index contributed by atoms with van der Waals surface area (Å²) in [6.07, 6.45) is 0. The standard InChI is InChI=1S/C14H20N2O4/c1-10(9-20-3)16(2)14(19)15-12(13(17)18)11-7-5-4-6-8-11/h4-8,10,12H,9H2,1-3H3,(H,15,19)(H,17,18)/t10?,12-/m0/s1. The summed E-state index contributed by atoms with van der Waals surface area (Å²) in [5, 5.41) is 11.7. The van der Waals surface area contributed by atoms with Crippen molar-refractivity contribution in [2.45, 2.75) is 19.0 Å². The summed E-state index contributed by atoms with van der Waals surface area (Å²) in [7, 11) is 3.15. The van der Waals surface area contributed by atoms with Gasteiger partial charge in [0.1, 0.15) is 0 Å². The van der Waals surface area contributed by atoms with Gasteiger partial charge in [0, 0.05) is 14.2 Å². The maximum atomic E-state index is 12.0. The molecular weight excluding hydrogens is 260 g/mol. The van der Waals surface area contributed by atoms with Gasteiger partial charge in [0.05, 0.1) is 12.6 Å². The molecule has 1 aromatic rings. The van der Waals surface area contributed by atoms with Gasteiger partial charge >= 0.3 is 12.0 Å². The highest BCUT2D eigenvalue weighted by Crippen LogP contribution is 2.13. The summed E-state index contributed by atoms with van der Waals surface area (Å²) in [4.78, 5) is 24.8. The Morgan fingerprint density at radius 2 is 1.95 bits per heavy atom. The summed E-state index contributed by atoms with van der Waals surface area (Å²) < 4.78 is 4.97. The van der Waals surface area contributed by atoms with Crippen LogP contribution in [0.3, 0.4) is 0 Å².